The van der Waals surface area contributed by atoms with Gasteiger partial charge in [0.05, 0.1) is 24.5 Å². The maximum Gasteiger partial charge on any atom is 0.182 e. The van der Waals surface area contributed by atoms with Crippen molar-refractivity contribution in [2.75, 3.05) is 45.2 Å². The van der Waals surface area contributed by atoms with E-state index in [0.29, 0.717) is 0 Å². The van der Waals surface area contributed by atoms with Crippen LogP contribution in [-0.2, 0) is 11.4 Å². The number of hydrogen-bond acceptors (Lipinski definition) is 4. The average Bonchev–Trinajstić information content (AvgIpc) is 3.03. The van der Waals surface area contributed by atoms with E-state index in [-0.39, 0.29) is 0 Å². The number of aryl methyl sites for hydroxylation is 1. The van der Waals surface area contributed by atoms with Crippen molar-refractivity contribution in [2.24, 2.45) is 0 Å². The molecular formula is C21H24BrN3O2S. The summed E-state index contributed by atoms with van der Waals surface area (Å²) in [6, 6.07) is 11.9. The maximum absolute atomic E-state index is 13.4. The molecule has 1 aliphatic rings. The van der Waals surface area contributed by atoms with Crippen molar-refractivity contribution >= 4 is 43.9 Å². The molecule has 0 spiro atoms. The fraction of sp³-hybridized carbons (Fsp3) is 0.333. The van der Waals surface area contributed by atoms with Gasteiger partial charge >= 0.3 is 0 Å². The van der Waals surface area contributed by atoms with Crippen LogP contribution in [0.3, 0.4) is 0 Å². The lowest BCUT2D eigenvalue weighted by Crippen LogP contribution is -2.44. The topological polar surface area (TPSA) is 43.7 Å². The first-order valence-electron chi connectivity index (χ1n) is 9.29. The first kappa shape index (κ1) is 19.6. The van der Waals surface area contributed by atoms with Crippen LogP contribution in [0.25, 0.3) is 10.9 Å². The summed E-state index contributed by atoms with van der Waals surface area (Å²) in [6.07, 6.45) is 1.97. The van der Waals surface area contributed by atoms with Crippen molar-refractivity contribution in [3.63, 3.8) is 0 Å². The molecule has 0 N–H and O–H groups in total. The molecule has 1 unspecified atom stereocenters. The Hall–Kier alpha value is -1.67. The van der Waals surface area contributed by atoms with Crippen LogP contribution in [0.15, 0.2) is 52.0 Å². The zero-order valence-electron chi connectivity index (χ0n) is 16.3. The monoisotopic (exact) mass is 461 g/mol. The lowest BCUT2D eigenvalue weighted by Gasteiger charge is -2.34. The molecule has 3 aromatic rings. The molecule has 0 aliphatic carbocycles. The molecule has 28 heavy (non-hydrogen) atoms. The minimum Gasteiger partial charge on any atom is -0.587 e. The Morgan fingerprint density at radius 1 is 1.07 bits per heavy atom. The van der Waals surface area contributed by atoms with Gasteiger partial charge in [0.2, 0.25) is 0 Å². The van der Waals surface area contributed by atoms with Crippen LogP contribution in [0.1, 0.15) is 5.56 Å². The van der Waals surface area contributed by atoms with Crippen molar-refractivity contribution < 1.29 is 9.29 Å². The number of rotatable bonds is 4. The summed E-state index contributed by atoms with van der Waals surface area (Å²) in [5, 5.41) is 1.11. The zero-order chi connectivity index (χ0) is 19.8. The summed E-state index contributed by atoms with van der Waals surface area (Å²) in [7, 11) is 3.82. The molecule has 1 aromatic heterocycles. The molecule has 2 heterocycles. The summed E-state index contributed by atoms with van der Waals surface area (Å²) >= 11 is 2.19. The smallest absolute Gasteiger partial charge is 0.182 e. The fourth-order valence-electron chi connectivity index (χ4n) is 3.65. The summed E-state index contributed by atoms with van der Waals surface area (Å²) in [4.78, 5) is 5.41. The van der Waals surface area contributed by atoms with E-state index >= 15 is 0 Å². The average molecular weight is 462 g/mol. The third-order valence-electron chi connectivity index (χ3n) is 5.31. The van der Waals surface area contributed by atoms with E-state index in [1.165, 1.54) is 0 Å². The number of methoxy groups -OCH3 is 1. The molecule has 2 aromatic carbocycles. The number of anilines is 1. The number of hydrogen-bond donors (Lipinski definition) is 0. The van der Waals surface area contributed by atoms with E-state index in [2.05, 4.69) is 38.8 Å². The van der Waals surface area contributed by atoms with Crippen molar-refractivity contribution in [3.05, 3.63) is 52.6 Å². The second-order valence-corrected chi connectivity index (χ2v) is 9.45. The number of nitrogens with zero attached hydrogens (tertiary/aromatic N) is 3. The van der Waals surface area contributed by atoms with Crippen molar-refractivity contribution in [1.29, 1.82) is 0 Å². The van der Waals surface area contributed by atoms with Gasteiger partial charge in [0.25, 0.3) is 0 Å². The Bertz CT molecular complexity index is 999. The van der Waals surface area contributed by atoms with Crippen LogP contribution in [-0.4, -0.2) is 53.8 Å². The molecule has 7 heteroatoms. The molecule has 0 bridgehead atoms. The molecule has 0 amide bonds. The van der Waals surface area contributed by atoms with E-state index in [0.717, 1.165) is 63.5 Å². The number of fused-ring (bicyclic) bond motifs is 1. The van der Waals surface area contributed by atoms with Gasteiger partial charge in [0.1, 0.15) is 17.1 Å². The van der Waals surface area contributed by atoms with Crippen LogP contribution in [0.2, 0.25) is 0 Å². The van der Waals surface area contributed by atoms with E-state index < -0.39 is 11.4 Å². The Morgan fingerprint density at radius 3 is 2.54 bits per heavy atom. The van der Waals surface area contributed by atoms with Crippen LogP contribution in [0, 0.1) is 6.92 Å². The summed E-state index contributed by atoms with van der Waals surface area (Å²) in [5.74, 6) is 0.822. The van der Waals surface area contributed by atoms with Gasteiger partial charge in [-0.2, -0.15) is 3.97 Å². The highest BCUT2D eigenvalue weighted by Crippen LogP contribution is 2.34. The Kier molecular flexibility index (Phi) is 5.60. The number of ether oxygens (including phenoxy) is 1. The largest absolute Gasteiger partial charge is 0.587 e. The predicted molar refractivity (Wildman–Crippen MR) is 119 cm³/mol. The molecule has 1 atom stereocenters. The highest BCUT2D eigenvalue weighted by molar-refractivity contribution is 9.10. The van der Waals surface area contributed by atoms with Gasteiger partial charge in [0.15, 0.2) is 4.90 Å². The van der Waals surface area contributed by atoms with E-state index in [1.807, 2.05) is 47.4 Å². The molecule has 1 aliphatic heterocycles. The number of likely N-dealkylation sites (N-methyl/N-ethyl adjacent to an activating group) is 1. The second-order valence-electron chi connectivity index (χ2n) is 7.17. The zero-order valence-corrected chi connectivity index (χ0v) is 18.7. The van der Waals surface area contributed by atoms with Crippen molar-refractivity contribution in [2.45, 2.75) is 11.8 Å². The molecule has 0 radical (unpaired) electrons. The Labute approximate surface area is 177 Å². The second kappa shape index (κ2) is 7.99. The molecule has 148 valence electrons. The summed E-state index contributed by atoms with van der Waals surface area (Å²) < 4.78 is 21.9. The third-order valence-corrected chi connectivity index (χ3v) is 7.12. The highest BCUT2D eigenvalue weighted by atomic mass is 79.9. The predicted octanol–water partition coefficient (Wildman–Crippen LogP) is 4.04. The number of aromatic nitrogens is 1. The van der Waals surface area contributed by atoms with Gasteiger partial charge in [-0.05, 0) is 49.9 Å². The number of benzene rings is 2. The van der Waals surface area contributed by atoms with Gasteiger partial charge in [-0.15, -0.1) is 0 Å². The molecule has 0 saturated carbocycles. The minimum atomic E-state index is -1.33. The van der Waals surface area contributed by atoms with E-state index in [9.17, 15) is 4.55 Å². The first-order chi connectivity index (χ1) is 13.5. The standard InChI is InChI=1S/C21H24BrN3O2S/c1-15-14-25(19-6-4-16(22)12-18(15)19)28(26)17-5-7-21(27-3)20(13-17)24-10-8-23(2)9-11-24/h4-7,12-14H,8-11H2,1-3H3. The fourth-order valence-corrected chi connectivity index (χ4v) is 5.23. The SMILES string of the molecule is COc1ccc([S+]([O-])n2cc(C)c3cc(Br)ccc32)cc1N1CCN(C)CC1. The van der Waals surface area contributed by atoms with Gasteiger partial charge in [-0.25, -0.2) is 0 Å². The molecule has 1 saturated heterocycles. The number of piperazine rings is 1. The van der Waals surface area contributed by atoms with Crippen LogP contribution in [0.4, 0.5) is 5.69 Å². The lowest BCUT2D eigenvalue weighted by molar-refractivity contribution is 0.311. The van der Waals surface area contributed by atoms with Crippen molar-refractivity contribution in [3.8, 4) is 5.75 Å². The molecular weight excluding hydrogens is 438 g/mol. The molecule has 5 nitrogen and oxygen atoms in total. The van der Waals surface area contributed by atoms with Crippen LogP contribution >= 0.6 is 15.9 Å². The maximum atomic E-state index is 13.4. The van der Waals surface area contributed by atoms with Gasteiger partial charge in [-0.1, -0.05) is 15.9 Å². The highest BCUT2D eigenvalue weighted by Gasteiger charge is 2.23. The lowest BCUT2D eigenvalue weighted by atomic mass is 10.2. The van der Waals surface area contributed by atoms with Gasteiger partial charge < -0.3 is 19.1 Å². The minimum absolute atomic E-state index is 0.773. The first-order valence-corrected chi connectivity index (χ1v) is 11.2. The summed E-state index contributed by atoms with van der Waals surface area (Å²) in [5.41, 5.74) is 3.09. The Balaban J connectivity index is 1.72. The Morgan fingerprint density at radius 2 is 1.82 bits per heavy atom. The quantitative estimate of drug-likeness (QED) is 0.549. The van der Waals surface area contributed by atoms with Crippen LogP contribution in [0.5, 0.6) is 5.75 Å². The van der Waals surface area contributed by atoms with E-state index in [1.54, 1.807) is 7.11 Å². The van der Waals surface area contributed by atoms with Crippen LogP contribution < -0.4 is 9.64 Å². The molecule has 1 fully saturated rings. The number of halogens is 1. The summed E-state index contributed by atoms with van der Waals surface area (Å²) in [6.45, 7) is 5.93. The molecule has 4 rings (SSSR count). The van der Waals surface area contributed by atoms with Gasteiger partial charge in [-0.3, -0.25) is 0 Å². The van der Waals surface area contributed by atoms with E-state index in [4.69, 9.17) is 4.74 Å². The van der Waals surface area contributed by atoms with Gasteiger partial charge in [0, 0.05) is 42.1 Å². The normalized spacial score (nSPS) is 16.5. The third kappa shape index (κ3) is 3.64. The van der Waals surface area contributed by atoms with Crippen molar-refractivity contribution in [1.82, 2.24) is 8.87 Å².